The maximum Gasteiger partial charge on any atom is 0.330 e. The number of allylic oxidation sites excluding steroid dienone is 1. The summed E-state index contributed by atoms with van der Waals surface area (Å²) < 4.78 is 5.21. The zero-order valence-electron chi connectivity index (χ0n) is 9.27. The standard InChI is InChI=1S/C11H18O2S2/c1-3-9(5-6-10(12)13-2)11-14-7-4-8-15-11/h5-6,9,11H,3-4,7-8H2,1-2H3/b6-5+/t9-/m1/s1. The molecule has 0 bridgehead atoms. The van der Waals surface area contributed by atoms with Gasteiger partial charge in [-0.3, -0.25) is 0 Å². The van der Waals surface area contributed by atoms with Crippen molar-refractivity contribution < 1.29 is 9.53 Å². The SMILES string of the molecule is CC[C@H](/C=C/C(=O)OC)C1SCCCS1. The molecular formula is C11H18O2S2. The van der Waals surface area contributed by atoms with E-state index in [4.69, 9.17) is 0 Å². The van der Waals surface area contributed by atoms with Gasteiger partial charge in [0.1, 0.15) is 0 Å². The summed E-state index contributed by atoms with van der Waals surface area (Å²) in [7, 11) is 1.41. The molecule has 1 aliphatic rings. The Balaban J connectivity index is 2.46. The fourth-order valence-corrected chi connectivity index (χ4v) is 4.74. The van der Waals surface area contributed by atoms with Crippen LogP contribution in [-0.4, -0.2) is 29.2 Å². The highest BCUT2D eigenvalue weighted by Gasteiger charge is 2.21. The van der Waals surface area contributed by atoms with Crippen molar-refractivity contribution in [2.45, 2.75) is 24.3 Å². The Morgan fingerprint density at radius 2 is 2.20 bits per heavy atom. The summed E-state index contributed by atoms with van der Waals surface area (Å²) in [6, 6.07) is 0. The molecule has 1 saturated heterocycles. The lowest BCUT2D eigenvalue weighted by molar-refractivity contribution is -0.134. The summed E-state index contributed by atoms with van der Waals surface area (Å²) in [4.78, 5) is 11.0. The Bertz CT molecular complexity index is 223. The number of ether oxygens (including phenoxy) is 1. The van der Waals surface area contributed by atoms with E-state index in [0.717, 1.165) is 6.42 Å². The molecule has 0 aromatic carbocycles. The van der Waals surface area contributed by atoms with Crippen molar-refractivity contribution in [2.24, 2.45) is 5.92 Å². The maximum atomic E-state index is 11.0. The first kappa shape index (κ1) is 13.0. The van der Waals surface area contributed by atoms with Gasteiger partial charge in [0.05, 0.1) is 11.7 Å². The van der Waals surface area contributed by atoms with Crippen LogP contribution >= 0.6 is 23.5 Å². The lowest BCUT2D eigenvalue weighted by Gasteiger charge is -2.26. The van der Waals surface area contributed by atoms with Crippen molar-refractivity contribution in [2.75, 3.05) is 18.6 Å². The van der Waals surface area contributed by atoms with E-state index in [1.54, 1.807) is 6.08 Å². The van der Waals surface area contributed by atoms with E-state index >= 15 is 0 Å². The highest BCUT2D eigenvalue weighted by Crippen LogP contribution is 2.37. The lowest BCUT2D eigenvalue weighted by atomic mass is 10.1. The predicted molar refractivity (Wildman–Crippen MR) is 68.3 cm³/mol. The van der Waals surface area contributed by atoms with E-state index in [1.807, 2.05) is 29.6 Å². The number of esters is 1. The van der Waals surface area contributed by atoms with Crippen molar-refractivity contribution in [1.29, 1.82) is 0 Å². The summed E-state index contributed by atoms with van der Waals surface area (Å²) in [5.41, 5.74) is 0. The Kier molecular flexibility index (Phi) is 6.25. The van der Waals surface area contributed by atoms with Gasteiger partial charge in [0.15, 0.2) is 0 Å². The van der Waals surface area contributed by atoms with Crippen LogP contribution in [0.5, 0.6) is 0 Å². The fraction of sp³-hybridized carbons (Fsp3) is 0.727. The van der Waals surface area contributed by atoms with E-state index in [2.05, 4.69) is 11.7 Å². The predicted octanol–water partition coefficient (Wildman–Crippen LogP) is 2.94. The molecule has 15 heavy (non-hydrogen) atoms. The van der Waals surface area contributed by atoms with Crippen molar-refractivity contribution >= 4 is 29.5 Å². The van der Waals surface area contributed by atoms with Crippen LogP contribution in [0.15, 0.2) is 12.2 Å². The van der Waals surface area contributed by atoms with Gasteiger partial charge in [0, 0.05) is 6.08 Å². The lowest BCUT2D eigenvalue weighted by Crippen LogP contribution is -2.16. The molecule has 0 saturated carbocycles. The van der Waals surface area contributed by atoms with Crippen LogP contribution in [0.1, 0.15) is 19.8 Å². The first-order chi connectivity index (χ1) is 7.27. The van der Waals surface area contributed by atoms with Crippen LogP contribution in [0.4, 0.5) is 0 Å². The van der Waals surface area contributed by atoms with Crippen LogP contribution in [0, 0.1) is 5.92 Å². The average Bonchev–Trinajstić information content (AvgIpc) is 2.31. The molecule has 1 aliphatic heterocycles. The van der Waals surface area contributed by atoms with Gasteiger partial charge in [-0.25, -0.2) is 4.79 Å². The maximum absolute atomic E-state index is 11.0. The monoisotopic (exact) mass is 246 g/mol. The Morgan fingerprint density at radius 3 is 2.73 bits per heavy atom. The van der Waals surface area contributed by atoms with E-state index in [-0.39, 0.29) is 5.97 Å². The van der Waals surface area contributed by atoms with E-state index in [9.17, 15) is 4.79 Å². The third-order valence-electron chi connectivity index (χ3n) is 2.35. The smallest absolute Gasteiger partial charge is 0.330 e. The van der Waals surface area contributed by atoms with Gasteiger partial charge in [-0.1, -0.05) is 13.0 Å². The highest BCUT2D eigenvalue weighted by atomic mass is 32.2. The number of hydrogen-bond donors (Lipinski definition) is 0. The molecule has 0 aromatic rings. The second-order valence-corrected chi connectivity index (χ2v) is 6.22. The number of methoxy groups -OCH3 is 1. The summed E-state index contributed by atoms with van der Waals surface area (Å²) >= 11 is 4.03. The molecule has 0 aliphatic carbocycles. The zero-order valence-corrected chi connectivity index (χ0v) is 10.9. The highest BCUT2D eigenvalue weighted by molar-refractivity contribution is 8.17. The minimum absolute atomic E-state index is 0.251. The molecule has 0 amide bonds. The van der Waals surface area contributed by atoms with Crippen molar-refractivity contribution in [3.8, 4) is 0 Å². The Labute approximate surface area is 100 Å². The number of thioether (sulfide) groups is 2. The molecule has 2 nitrogen and oxygen atoms in total. The quantitative estimate of drug-likeness (QED) is 0.563. The third-order valence-corrected chi connectivity index (χ3v) is 5.58. The Hall–Kier alpha value is -0.0900. The summed E-state index contributed by atoms with van der Waals surface area (Å²) in [5, 5.41) is 0. The molecule has 1 fully saturated rings. The van der Waals surface area contributed by atoms with Crippen LogP contribution in [0.25, 0.3) is 0 Å². The van der Waals surface area contributed by atoms with Gasteiger partial charge >= 0.3 is 5.97 Å². The molecule has 4 heteroatoms. The third kappa shape index (κ3) is 4.51. The topological polar surface area (TPSA) is 26.3 Å². The largest absolute Gasteiger partial charge is 0.466 e. The molecule has 0 N–H and O–H groups in total. The molecule has 1 rings (SSSR count). The van der Waals surface area contributed by atoms with Gasteiger partial charge in [0.25, 0.3) is 0 Å². The fourth-order valence-electron chi connectivity index (χ4n) is 1.44. The molecule has 0 unspecified atom stereocenters. The molecular weight excluding hydrogens is 228 g/mol. The summed E-state index contributed by atoms with van der Waals surface area (Å²) in [6.07, 6.45) is 5.95. The summed E-state index contributed by atoms with van der Waals surface area (Å²) in [5.74, 6) is 2.74. The van der Waals surface area contributed by atoms with E-state index in [1.165, 1.54) is 25.0 Å². The summed E-state index contributed by atoms with van der Waals surface area (Å²) in [6.45, 7) is 2.17. The first-order valence-corrected chi connectivity index (χ1v) is 7.37. The van der Waals surface area contributed by atoms with Crippen molar-refractivity contribution in [1.82, 2.24) is 0 Å². The second-order valence-electron chi connectivity index (χ2n) is 3.42. The minimum Gasteiger partial charge on any atom is -0.466 e. The minimum atomic E-state index is -0.251. The van der Waals surface area contributed by atoms with E-state index in [0.29, 0.717) is 10.5 Å². The molecule has 0 spiro atoms. The van der Waals surface area contributed by atoms with Crippen molar-refractivity contribution in [3.05, 3.63) is 12.2 Å². The van der Waals surface area contributed by atoms with E-state index < -0.39 is 0 Å². The van der Waals surface area contributed by atoms with Gasteiger partial charge in [-0.2, -0.15) is 0 Å². The number of rotatable bonds is 4. The van der Waals surface area contributed by atoms with Gasteiger partial charge in [-0.05, 0) is 30.3 Å². The first-order valence-electron chi connectivity index (χ1n) is 5.27. The average molecular weight is 246 g/mol. The van der Waals surface area contributed by atoms with Gasteiger partial charge < -0.3 is 4.74 Å². The Morgan fingerprint density at radius 1 is 1.53 bits per heavy atom. The van der Waals surface area contributed by atoms with Crippen LogP contribution in [0.2, 0.25) is 0 Å². The van der Waals surface area contributed by atoms with Crippen LogP contribution in [-0.2, 0) is 9.53 Å². The molecule has 0 aromatic heterocycles. The zero-order chi connectivity index (χ0) is 11.1. The molecule has 0 radical (unpaired) electrons. The van der Waals surface area contributed by atoms with Gasteiger partial charge in [-0.15, -0.1) is 23.5 Å². The van der Waals surface area contributed by atoms with Crippen LogP contribution in [0.3, 0.4) is 0 Å². The molecule has 1 atom stereocenters. The molecule has 1 heterocycles. The number of carbonyl (C=O) groups is 1. The molecule has 86 valence electrons. The second kappa shape index (κ2) is 7.23. The van der Waals surface area contributed by atoms with Crippen molar-refractivity contribution in [3.63, 3.8) is 0 Å². The van der Waals surface area contributed by atoms with Gasteiger partial charge in [0.2, 0.25) is 0 Å². The number of carbonyl (C=O) groups excluding carboxylic acids is 1. The normalized spacial score (nSPS) is 20.4. The number of hydrogen-bond acceptors (Lipinski definition) is 4. The van der Waals surface area contributed by atoms with Crippen LogP contribution < -0.4 is 0 Å².